The number of urea groups is 1. The van der Waals surface area contributed by atoms with Gasteiger partial charge in [0.15, 0.2) is 0 Å². The fraction of sp³-hybridized carbons (Fsp3) is 0.125. The van der Waals surface area contributed by atoms with Gasteiger partial charge in [-0.3, -0.25) is 0 Å². The molecule has 0 aliphatic rings. The van der Waals surface area contributed by atoms with Gasteiger partial charge in [0.05, 0.1) is 5.02 Å². The average Bonchev–Trinajstić information content (AvgIpc) is 2.11. The van der Waals surface area contributed by atoms with E-state index in [4.69, 9.17) is 11.6 Å². The molecule has 0 heterocycles. The molecular weight excluding hydrogens is 195 g/mol. The topological polar surface area (TPSA) is 41.1 Å². The number of amides is 2. The van der Waals surface area contributed by atoms with Crippen LogP contribution in [0, 0.1) is 5.82 Å². The van der Waals surface area contributed by atoms with E-state index in [0.29, 0.717) is 5.69 Å². The zero-order valence-corrected chi connectivity index (χ0v) is 7.65. The first-order chi connectivity index (χ1) is 6.13. The van der Waals surface area contributed by atoms with E-state index in [9.17, 15) is 9.18 Å². The van der Waals surface area contributed by atoms with Gasteiger partial charge >= 0.3 is 6.03 Å². The summed E-state index contributed by atoms with van der Waals surface area (Å²) in [5, 5.41) is 4.78. The van der Waals surface area contributed by atoms with E-state index >= 15 is 0 Å². The Morgan fingerprint density at radius 1 is 1.54 bits per heavy atom. The maximum absolute atomic E-state index is 12.8. The summed E-state index contributed by atoms with van der Waals surface area (Å²) in [6.07, 6.45) is 0. The number of benzene rings is 1. The lowest BCUT2D eigenvalue weighted by molar-refractivity contribution is 0.254. The molecule has 5 heteroatoms. The Kier molecular flexibility index (Phi) is 3.08. The van der Waals surface area contributed by atoms with Crippen molar-refractivity contribution in [2.45, 2.75) is 0 Å². The lowest BCUT2D eigenvalue weighted by atomic mass is 10.3. The van der Waals surface area contributed by atoms with Gasteiger partial charge in [0.1, 0.15) is 5.82 Å². The first-order valence-electron chi connectivity index (χ1n) is 3.57. The first-order valence-corrected chi connectivity index (χ1v) is 3.95. The maximum atomic E-state index is 12.8. The van der Waals surface area contributed by atoms with Gasteiger partial charge < -0.3 is 10.6 Å². The summed E-state index contributed by atoms with van der Waals surface area (Å²) in [6, 6.07) is 3.64. The van der Waals surface area contributed by atoms with Crippen LogP contribution in [-0.2, 0) is 0 Å². The Balaban J connectivity index is 2.79. The molecule has 70 valence electrons. The molecule has 3 nitrogen and oxygen atoms in total. The summed E-state index contributed by atoms with van der Waals surface area (Å²) in [7, 11) is 1.47. The Labute approximate surface area is 79.9 Å². The molecule has 0 aromatic heterocycles. The molecule has 13 heavy (non-hydrogen) atoms. The van der Waals surface area contributed by atoms with Crippen molar-refractivity contribution in [3.63, 3.8) is 0 Å². The van der Waals surface area contributed by atoms with Gasteiger partial charge in [0, 0.05) is 12.7 Å². The van der Waals surface area contributed by atoms with Gasteiger partial charge in [-0.05, 0) is 18.2 Å². The van der Waals surface area contributed by atoms with Crippen LogP contribution in [0.4, 0.5) is 14.9 Å². The number of carbonyl (C=O) groups is 1. The van der Waals surface area contributed by atoms with Crippen molar-refractivity contribution < 1.29 is 9.18 Å². The second-order valence-electron chi connectivity index (χ2n) is 2.33. The summed E-state index contributed by atoms with van der Waals surface area (Å²) in [5.74, 6) is -0.560. The third kappa shape index (κ3) is 2.59. The van der Waals surface area contributed by atoms with Crippen LogP contribution in [0.3, 0.4) is 0 Å². The van der Waals surface area contributed by atoms with Crippen molar-refractivity contribution in [1.29, 1.82) is 0 Å². The average molecular weight is 203 g/mol. The van der Waals surface area contributed by atoms with E-state index < -0.39 is 11.8 Å². The van der Waals surface area contributed by atoms with Crippen LogP contribution in [0.25, 0.3) is 0 Å². The zero-order chi connectivity index (χ0) is 9.84. The predicted molar refractivity (Wildman–Crippen MR) is 49.5 cm³/mol. The summed E-state index contributed by atoms with van der Waals surface area (Å²) in [6.45, 7) is 0. The minimum Gasteiger partial charge on any atom is -0.341 e. The van der Waals surface area contributed by atoms with E-state index in [1.807, 2.05) is 0 Å². The molecule has 0 spiro atoms. The standard InChI is InChI=1S/C8H8ClFN2O/c1-11-8(13)12-5-2-3-6(9)7(10)4-5/h2-4H,1H3,(H2,11,12,13). The molecule has 0 aliphatic heterocycles. The second-order valence-corrected chi connectivity index (χ2v) is 2.74. The van der Waals surface area contributed by atoms with Gasteiger partial charge in [-0.25, -0.2) is 9.18 Å². The van der Waals surface area contributed by atoms with E-state index in [1.165, 1.54) is 19.2 Å². The first kappa shape index (κ1) is 9.80. The molecule has 0 fully saturated rings. The third-order valence-corrected chi connectivity index (χ3v) is 1.71. The maximum Gasteiger partial charge on any atom is 0.318 e. The van der Waals surface area contributed by atoms with Gasteiger partial charge in [-0.1, -0.05) is 11.6 Å². The SMILES string of the molecule is CNC(=O)Nc1ccc(Cl)c(F)c1. The van der Waals surface area contributed by atoms with E-state index in [-0.39, 0.29) is 5.02 Å². The van der Waals surface area contributed by atoms with Crippen LogP contribution in [0.1, 0.15) is 0 Å². The Morgan fingerprint density at radius 2 is 2.23 bits per heavy atom. The molecule has 0 saturated carbocycles. The molecule has 0 aliphatic carbocycles. The predicted octanol–water partition coefficient (Wildman–Crippen LogP) is 2.23. The smallest absolute Gasteiger partial charge is 0.318 e. The number of hydrogen-bond donors (Lipinski definition) is 2. The largest absolute Gasteiger partial charge is 0.341 e. The van der Waals surface area contributed by atoms with E-state index in [2.05, 4.69) is 10.6 Å². The van der Waals surface area contributed by atoms with Crippen molar-refractivity contribution in [2.75, 3.05) is 12.4 Å². The lowest BCUT2D eigenvalue weighted by Gasteiger charge is -2.04. The number of anilines is 1. The zero-order valence-electron chi connectivity index (χ0n) is 6.90. The van der Waals surface area contributed by atoms with Crippen molar-refractivity contribution in [2.24, 2.45) is 0 Å². The monoisotopic (exact) mass is 202 g/mol. The molecule has 2 amide bonds. The van der Waals surface area contributed by atoms with Gasteiger partial charge in [0.25, 0.3) is 0 Å². The summed E-state index contributed by atoms with van der Waals surface area (Å²) < 4.78 is 12.8. The number of hydrogen-bond acceptors (Lipinski definition) is 1. The molecule has 0 unspecified atom stereocenters. The molecule has 2 N–H and O–H groups in total. The van der Waals surface area contributed by atoms with Gasteiger partial charge in [-0.15, -0.1) is 0 Å². The van der Waals surface area contributed by atoms with Crippen LogP contribution in [0.2, 0.25) is 5.02 Å². The summed E-state index contributed by atoms with van der Waals surface area (Å²) >= 11 is 5.45. The molecule has 0 radical (unpaired) electrons. The highest BCUT2D eigenvalue weighted by atomic mass is 35.5. The minimum atomic E-state index is -0.560. The molecular formula is C8H8ClFN2O. The number of carbonyl (C=O) groups excluding carboxylic acids is 1. The summed E-state index contributed by atoms with van der Waals surface area (Å²) in [5.41, 5.74) is 0.362. The Bertz CT molecular complexity index is 330. The molecule has 1 aromatic carbocycles. The number of nitrogens with one attached hydrogen (secondary N) is 2. The van der Waals surface area contributed by atoms with Crippen LogP contribution >= 0.6 is 11.6 Å². The van der Waals surface area contributed by atoms with Gasteiger partial charge in [-0.2, -0.15) is 0 Å². The van der Waals surface area contributed by atoms with Crippen LogP contribution in [-0.4, -0.2) is 13.1 Å². The van der Waals surface area contributed by atoms with Crippen LogP contribution < -0.4 is 10.6 Å². The quantitative estimate of drug-likeness (QED) is 0.721. The van der Waals surface area contributed by atoms with Crippen molar-refractivity contribution >= 4 is 23.3 Å². The Hall–Kier alpha value is -1.29. The number of halogens is 2. The van der Waals surface area contributed by atoms with E-state index in [0.717, 1.165) is 6.07 Å². The normalized spacial score (nSPS) is 9.46. The second kappa shape index (κ2) is 4.09. The van der Waals surface area contributed by atoms with Crippen molar-refractivity contribution in [1.82, 2.24) is 5.32 Å². The highest BCUT2D eigenvalue weighted by Crippen LogP contribution is 2.18. The minimum absolute atomic E-state index is 0.0301. The Morgan fingerprint density at radius 3 is 2.77 bits per heavy atom. The van der Waals surface area contributed by atoms with Crippen LogP contribution in [0.15, 0.2) is 18.2 Å². The molecule has 0 bridgehead atoms. The van der Waals surface area contributed by atoms with Crippen molar-refractivity contribution in [3.8, 4) is 0 Å². The fourth-order valence-electron chi connectivity index (χ4n) is 0.767. The highest BCUT2D eigenvalue weighted by Gasteiger charge is 2.02. The fourth-order valence-corrected chi connectivity index (χ4v) is 0.885. The van der Waals surface area contributed by atoms with Gasteiger partial charge in [0.2, 0.25) is 0 Å². The van der Waals surface area contributed by atoms with E-state index in [1.54, 1.807) is 0 Å². The molecule has 1 aromatic rings. The van der Waals surface area contributed by atoms with Crippen LogP contribution in [0.5, 0.6) is 0 Å². The third-order valence-electron chi connectivity index (χ3n) is 1.40. The highest BCUT2D eigenvalue weighted by molar-refractivity contribution is 6.30. The lowest BCUT2D eigenvalue weighted by Crippen LogP contribution is -2.24. The molecule has 0 saturated heterocycles. The molecule has 1 rings (SSSR count). The summed E-state index contributed by atoms with van der Waals surface area (Å²) in [4.78, 5) is 10.8. The van der Waals surface area contributed by atoms with Crippen molar-refractivity contribution in [3.05, 3.63) is 29.0 Å². The molecule has 0 atom stereocenters. The number of rotatable bonds is 1.